The molecule has 1 saturated carbocycles. The van der Waals surface area contributed by atoms with Crippen molar-refractivity contribution >= 4 is 39.2 Å². The Balaban J connectivity index is 1.53. The molecule has 4 atom stereocenters. The summed E-state index contributed by atoms with van der Waals surface area (Å²) in [6, 6.07) is 10.6. The standard InChI is InChI=1S/C31H37ClN2O7S/c32-24-11-8-23-19-41-29-13-10-21-16-27(29)34(14-4-3-5-20(23)15-24)18-22-9-12-26(22)28(35)7-2-1-6-25(17-30(36)37)42(39,40)33-31(21)38/h2,7-8,10-11,13,15-16,22,25-26,28,35H,1,3-6,9,12,14,17-19H2,(H,33,38)(H,36,37)/b7-2+/t22-,25+,26+,28-/m0/s1. The van der Waals surface area contributed by atoms with E-state index < -0.39 is 39.7 Å². The average Bonchev–Trinajstić information content (AvgIpc) is 2.95. The van der Waals surface area contributed by atoms with Gasteiger partial charge < -0.3 is 19.8 Å². The molecule has 0 spiro atoms. The van der Waals surface area contributed by atoms with Crippen molar-refractivity contribution in [1.82, 2.24) is 4.72 Å². The van der Waals surface area contributed by atoms with Crippen molar-refractivity contribution in [3.63, 3.8) is 0 Å². The van der Waals surface area contributed by atoms with Crippen molar-refractivity contribution in [1.29, 1.82) is 0 Å². The first-order chi connectivity index (χ1) is 20.1. The Bertz CT molecular complexity index is 1460. The van der Waals surface area contributed by atoms with Crippen molar-refractivity contribution in [2.24, 2.45) is 11.8 Å². The van der Waals surface area contributed by atoms with Gasteiger partial charge in [0.2, 0.25) is 10.0 Å². The number of carboxylic acid groups (broad SMARTS) is 1. The third-order valence-corrected chi connectivity index (χ3v) is 10.7. The van der Waals surface area contributed by atoms with Crippen molar-refractivity contribution in [3.05, 3.63) is 70.3 Å². The van der Waals surface area contributed by atoms with Gasteiger partial charge in [0.1, 0.15) is 12.4 Å². The number of aliphatic hydroxyl groups is 1. The predicted molar refractivity (Wildman–Crippen MR) is 160 cm³/mol. The maximum absolute atomic E-state index is 13.3. The monoisotopic (exact) mass is 616 g/mol. The molecule has 1 fully saturated rings. The lowest BCUT2D eigenvalue weighted by Crippen LogP contribution is -2.43. The Hall–Kier alpha value is -3.08. The minimum atomic E-state index is -4.30. The number of ether oxygens (including phenoxy) is 1. The van der Waals surface area contributed by atoms with Crippen LogP contribution in [-0.2, 0) is 27.8 Å². The van der Waals surface area contributed by atoms with E-state index in [0.717, 1.165) is 43.2 Å². The topological polar surface area (TPSA) is 133 Å². The maximum atomic E-state index is 13.3. The van der Waals surface area contributed by atoms with Gasteiger partial charge in [0.15, 0.2) is 0 Å². The number of carbonyl (C=O) groups excluding carboxylic acids is 1. The Morgan fingerprint density at radius 1 is 1.10 bits per heavy atom. The zero-order valence-electron chi connectivity index (χ0n) is 23.4. The molecule has 0 unspecified atom stereocenters. The van der Waals surface area contributed by atoms with E-state index in [1.807, 2.05) is 18.2 Å². The molecule has 2 aromatic carbocycles. The highest BCUT2D eigenvalue weighted by atomic mass is 35.5. The Morgan fingerprint density at radius 3 is 2.69 bits per heavy atom. The van der Waals surface area contributed by atoms with Crippen LogP contribution in [0.3, 0.4) is 0 Å². The predicted octanol–water partition coefficient (Wildman–Crippen LogP) is 4.70. The molecule has 5 rings (SSSR count). The summed E-state index contributed by atoms with van der Waals surface area (Å²) in [7, 11) is -4.30. The van der Waals surface area contributed by atoms with Crippen LogP contribution in [0.25, 0.3) is 0 Å². The van der Waals surface area contributed by atoms with Gasteiger partial charge in [-0.2, -0.15) is 0 Å². The molecular weight excluding hydrogens is 580 g/mol. The van der Waals surface area contributed by atoms with Crippen molar-refractivity contribution in [3.8, 4) is 5.75 Å². The van der Waals surface area contributed by atoms with Crippen LogP contribution in [-0.4, -0.2) is 55.0 Å². The van der Waals surface area contributed by atoms with E-state index in [4.69, 9.17) is 16.3 Å². The van der Waals surface area contributed by atoms with E-state index in [9.17, 15) is 28.2 Å². The highest BCUT2D eigenvalue weighted by Crippen LogP contribution is 2.41. The minimum absolute atomic E-state index is 0.00468. The highest BCUT2D eigenvalue weighted by Gasteiger charge is 2.37. The van der Waals surface area contributed by atoms with Gasteiger partial charge in [-0.05, 0) is 98.2 Å². The fourth-order valence-corrected chi connectivity index (χ4v) is 7.67. The second-order valence-corrected chi connectivity index (χ2v) is 13.9. The molecule has 9 nitrogen and oxygen atoms in total. The average molecular weight is 617 g/mol. The summed E-state index contributed by atoms with van der Waals surface area (Å²) in [5.41, 5.74) is 2.98. The summed E-state index contributed by atoms with van der Waals surface area (Å²) < 4.78 is 34.7. The minimum Gasteiger partial charge on any atom is -0.487 e. The lowest BCUT2D eigenvalue weighted by Gasteiger charge is -2.42. The van der Waals surface area contributed by atoms with E-state index in [1.54, 1.807) is 24.3 Å². The van der Waals surface area contributed by atoms with E-state index in [0.29, 0.717) is 36.2 Å². The van der Waals surface area contributed by atoms with Crippen LogP contribution in [0.1, 0.15) is 66.4 Å². The second-order valence-electron chi connectivity index (χ2n) is 11.5. The highest BCUT2D eigenvalue weighted by molar-refractivity contribution is 7.90. The zero-order chi connectivity index (χ0) is 29.9. The summed E-state index contributed by atoms with van der Waals surface area (Å²) in [5, 5.41) is 19.7. The number of sulfonamides is 1. The molecule has 11 heteroatoms. The largest absolute Gasteiger partial charge is 0.487 e. The molecule has 0 aromatic heterocycles. The van der Waals surface area contributed by atoms with Crippen LogP contribution in [0.5, 0.6) is 5.75 Å². The fraction of sp³-hybridized carbons (Fsp3) is 0.484. The van der Waals surface area contributed by atoms with Crippen LogP contribution < -0.4 is 14.4 Å². The molecule has 1 amide bonds. The van der Waals surface area contributed by atoms with E-state index in [-0.39, 0.29) is 30.2 Å². The lowest BCUT2D eigenvalue weighted by molar-refractivity contribution is -0.137. The molecule has 2 aliphatic heterocycles. The van der Waals surface area contributed by atoms with Gasteiger partial charge in [-0.25, -0.2) is 13.1 Å². The lowest BCUT2D eigenvalue weighted by atomic mass is 9.70. The van der Waals surface area contributed by atoms with Crippen molar-refractivity contribution in [2.45, 2.75) is 69.3 Å². The molecule has 226 valence electrons. The molecule has 2 heterocycles. The fourth-order valence-electron chi connectivity index (χ4n) is 6.13. The number of benzene rings is 2. The van der Waals surface area contributed by atoms with Gasteiger partial charge in [0.05, 0.1) is 23.5 Å². The molecular formula is C31H37ClN2O7S. The first-order valence-electron chi connectivity index (χ1n) is 14.5. The van der Waals surface area contributed by atoms with Crippen LogP contribution in [0.2, 0.25) is 5.02 Å². The second kappa shape index (κ2) is 13.1. The van der Waals surface area contributed by atoms with E-state index in [1.165, 1.54) is 6.07 Å². The molecule has 2 bridgehead atoms. The third kappa shape index (κ3) is 7.10. The van der Waals surface area contributed by atoms with Gasteiger partial charge in [0.25, 0.3) is 5.91 Å². The molecule has 3 N–H and O–H groups in total. The maximum Gasteiger partial charge on any atom is 0.304 e. The van der Waals surface area contributed by atoms with Gasteiger partial charge >= 0.3 is 5.97 Å². The smallest absolute Gasteiger partial charge is 0.304 e. The summed E-state index contributed by atoms with van der Waals surface area (Å²) >= 11 is 6.28. The quantitative estimate of drug-likeness (QED) is 0.414. The molecule has 2 aromatic rings. The molecule has 42 heavy (non-hydrogen) atoms. The summed E-state index contributed by atoms with van der Waals surface area (Å²) in [4.78, 5) is 26.9. The number of rotatable bonds is 2. The van der Waals surface area contributed by atoms with Crippen LogP contribution in [0.15, 0.2) is 48.6 Å². The number of aliphatic hydroxyl groups excluding tert-OH is 1. The molecule has 0 saturated heterocycles. The molecule has 0 radical (unpaired) electrons. The number of carboxylic acids is 1. The van der Waals surface area contributed by atoms with Crippen LogP contribution in [0.4, 0.5) is 5.69 Å². The van der Waals surface area contributed by atoms with Gasteiger partial charge in [-0.1, -0.05) is 29.8 Å². The molecule has 3 aliphatic rings. The number of allylic oxidation sites excluding steroid dienone is 1. The van der Waals surface area contributed by atoms with E-state index >= 15 is 0 Å². The number of nitrogens with zero attached hydrogens (tertiary/aromatic N) is 1. The number of hydrogen-bond acceptors (Lipinski definition) is 7. The number of nitrogens with one attached hydrogen (secondary N) is 1. The number of halogens is 1. The summed E-state index contributed by atoms with van der Waals surface area (Å²) in [6.07, 6.45) is 6.82. The number of aliphatic carboxylic acids is 1. The first-order valence-corrected chi connectivity index (χ1v) is 16.4. The van der Waals surface area contributed by atoms with Gasteiger partial charge in [0, 0.05) is 23.7 Å². The normalized spacial score (nSPS) is 27.1. The summed E-state index contributed by atoms with van der Waals surface area (Å²) in [5.74, 6) is -1.24. The SMILES string of the molecule is O=C(O)C[C@H]1CC/C=C/[C@H](O)[C@@H]2CC[C@H]2CN2CCCCc3cc(Cl)ccc3COc3ccc(cc32)C(=O)NS1(=O)=O. The van der Waals surface area contributed by atoms with Gasteiger partial charge in [-0.15, -0.1) is 0 Å². The number of carbonyl (C=O) groups is 2. The molecule has 1 aliphatic carbocycles. The summed E-state index contributed by atoms with van der Waals surface area (Å²) in [6.45, 7) is 1.65. The number of aryl methyl sites for hydroxylation is 1. The number of anilines is 1. The Kier molecular flexibility index (Phi) is 9.44. The van der Waals surface area contributed by atoms with E-state index in [2.05, 4.69) is 9.62 Å². The third-order valence-electron chi connectivity index (χ3n) is 8.67. The first kappa shape index (κ1) is 30.4. The van der Waals surface area contributed by atoms with Gasteiger partial charge in [-0.3, -0.25) is 9.59 Å². The number of fused-ring (bicyclic) bond motifs is 3. The van der Waals surface area contributed by atoms with Crippen LogP contribution in [0, 0.1) is 11.8 Å². The zero-order valence-corrected chi connectivity index (χ0v) is 24.9. The Labute approximate surface area is 251 Å². The van der Waals surface area contributed by atoms with Crippen molar-refractivity contribution < 1.29 is 33.0 Å². The van der Waals surface area contributed by atoms with Crippen molar-refractivity contribution in [2.75, 3.05) is 18.0 Å². The number of amides is 1. The van der Waals surface area contributed by atoms with Crippen LogP contribution >= 0.6 is 11.6 Å². The Morgan fingerprint density at radius 2 is 1.93 bits per heavy atom. The number of hydrogen-bond donors (Lipinski definition) is 3.